The summed E-state index contributed by atoms with van der Waals surface area (Å²) in [4.78, 5) is 34.8. The number of nitrogens with zero attached hydrogens (tertiary/aromatic N) is 6. The summed E-state index contributed by atoms with van der Waals surface area (Å²) in [6.07, 6.45) is 0.166. The molecule has 30 heavy (non-hydrogen) atoms. The van der Waals surface area contributed by atoms with Gasteiger partial charge in [0.05, 0.1) is 19.3 Å². The SMILES string of the molecule is CCNc1nc(NCC)n2c(SCC(=O)N(CCC(=O)OC)CC(C)C)nnc2n1. The van der Waals surface area contributed by atoms with E-state index in [9.17, 15) is 9.59 Å². The molecular weight excluding hydrogens is 408 g/mol. The van der Waals surface area contributed by atoms with Gasteiger partial charge in [0.1, 0.15) is 0 Å². The molecule has 0 bridgehead atoms. The van der Waals surface area contributed by atoms with Crippen molar-refractivity contribution in [3.05, 3.63) is 0 Å². The van der Waals surface area contributed by atoms with Crippen molar-refractivity contribution in [2.75, 3.05) is 49.7 Å². The molecule has 2 heterocycles. The van der Waals surface area contributed by atoms with Gasteiger partial charge < -0.3 is 20.3 Å². The Kier molecular flexibility index (Phi) is 9.09. The van der Waals surface area contributed by atoms with Gasteiger partial charge in [-0.2, -0.15) is 9.97 Å². The first-order valence-corrected chi connectivity index (χ1v) is 11.0. The molecule has 2 N–H and O–H groups in total. The second kappa shape index (κ2) is 11.5. The van der Waals surface area contributed by atoms with Crippen LogP contribution in [0.4, 0.5) is 11.9 Å². The van der Waals surface area contributed by atoms with E-state index >= 15 is 0 Å². The van der Waals surface area contributed by atoms with Crippen molar-refractivity contribution in [3.8, 4) is 0 Å². The third-order valence-electron chi connectivity index (χ3n) is 3.99. The Morgan fingerprint density at radius 1 is 1.17 bits per heavy atom. The third-order valence-corrected chi connectivity index (χ3v) is 4.91. The molecule has 0 aliphatic rings. The van der Waals surface area contributed by atoms with Crippen molar-refractivity contribution < 1.29 is 14.3 Å². The van der Waals surface area contributed by atoms with Crippen LogP contribution in [0.3, 0.4) is 0 Å². The lowest BCUT2D eigenvalue weighted by Crippen LogP contribution is -2.37. The number of thioether (sulfide) groups is 1. The molecule has 0 fully saturated rings. The number of hydrogen-bond acceptors (Lipinski definition) is 10. The zero-order valence-electron chi connectivity index (χ0n) is 18.1. The first-order chi connectivity index (χ1) is 14.4. The van der Waals surface area contributed by atoms with E-state index in [1.54, 1.807) is 9.30 Å². The Balaban J connectivity index is 2.15. The van der Waals surface area contributed by atoms with E-state index in [4.69, 9.17) is 0 Å². The van der Waals surface area contributed by atoms with E-state index in [1.807, 2.05) is 27.7 Å². The molecule has 0 saturated heterocycles. The number of carbonyl (C=O) groups is 2. The topological polar surface area (TPSA) is 127 Å². The molecule has 0 unspecified atom stereocenters. The Hall–Kier alpha value is -2.63. The molecule has 11 nitrogen and oxygen atoms in total. The molecule has 0 spiro atoms. The minimum Gasteiger partial charge on any atom is -0.469 e. The normalized spacial score (nSPS) is 11.0. The monoisotopic (exact) mass is 438 g/mol. The maximum absolute atomic E-state index is 12.8. The van der Waals surface area contributed by atoms with E-state index in [0.717, 1.165) is 0 Å². The first-order valence-electron chi connectivity index (χ1n) is 9.97. The number of methoxy groups -OCH3 is 1. The van der Waals surface area contributed by atoms with E-state index < -0.39 is 0 Å². The Morgan fingerprint density at radius 2 is 1.90 bits per heavy atom. The maximum Gasteiger partial charge on any atom is 0.307 e. The lowest BCUT2D eigenvalue weighted by molar-refractivity contribution is -0.141. The second-order valence-electron chi connectivity index (χ2n) is 6.90. The van der Waals surface area contributed by atoms with Crippen molar-refractivity contribution in [1.29, 1.82) is 0 Å². The predicted molar refractivity (Wildman–Crippen MR) is 116 cm³/mol. The van der Waals surface area contributed by atoms with Gasteiger partial charge >= 0.3 is 5.97 Å². The van der Waals surface area contributed by atoms with Gasteiger partial charge in [0, 0.05) is 26.2 Å². The molecule has 0 aliphatic carbocycles. The summed E-state index contributed by atoms with van der Waals surface area (Å²) in [6.45, 7) is 10.2. The molecule has 12 heteroatoms. The number of hydrogen-bond donors (Lipinski definition) is 2. The van der Waals surface area contributed by atoms with Gasteiger partial charge in [0.2, 0.25) is 17.8 Å². The predicted octanol–water partition coefficient (Wildman–Crippen LogP) is 1.52. The molecule has 0 saturated carbocycles. The molecule has 2 aromatic rings. The molecule has 1 amide bonds. The number of aromatic nitrogens is 5. The van der Waals surface area contributed by atoms with Crippen LogP contribution in [0, 0.1) is 5.92 Å². The van der Waals surface area contributed by atoms with Gasteiger partial charge in [-0.15, -0.1) is 10.2 Å². The zero-order chi connectivity index (χ0) is 22.1. The van der Waals surface area contributed by atoms with E-state index in [2.05, 4.69) is 35.5 Å². The number of amides is 1. The molecule has 0 atom stereocenters. The van der Waals surface area contributed by atoms with Crippen molar-refractivity contribution in [2.24, 2.45) is 5.92 Å². The first kappa shape index (κ1) is 23.6. The molecule has 2 aromatic heterocycles. The summed E-state index contributed by atoms with van der Waals surface area (Å²) in [5, 5.41) is 15.1. The number of carbonyl (C=O) groups excluding carboxylic acids is 2. The third kappa shape index (κ3) is 6.44. The van der Waals surface area contributed by atoms with Crippen LogP contribution in [0.25, 0.3) is 5.78 Å². The fourth-order valence-electron chi connectivity index (χ4n) is 2.70. The maximum atomic E-state index is 12.8. The molecule has 0 aromatic carbocycles. The van der Waals surface area contributed by atoms with Gasteiger partial charge in [-0.25, -0.2) is 4.40 Å². The number of rotatable bonds is 12. The van der Waals surface area contributed by atoms with Gasteiger partial charge in [-0.05, 0) is 19.8 Å². The average Bonchev–Trinajstić information content (AvgIpc) is 3.12. The molecule has 0 radical (unpaired) electrons. The smallest absolute Gasteiger partial charge is 0.307 e. The van der Waals surface area contributed by atoms with E-state index in [-0.39, 0.29) is 30.0 Å². The van der Waals surface area contributed by atoms with Crippen LogP contribution in [0.15, 0.2) is 5.16 Å². The lowest BCUT2D eigenvalue weighted by Gasteiger charge is -2.24. The van der Waals surface area contributed by atoms with Crippen LogP contribution in [-0.4, -0.2) is 80.4 Å². The van der Waals surface area contributed by atoms with E-state index in [1.165, 1.54) is 18.9 Å². The highest BCUT2D eigenvalue weighted by Crippen LogP contribution is 2.21. The Bertz CT molecular complexity index is 857. The lowest BCUT2D eigenvalue weighted by atomic mass is 10.2. The summed E-state index contributed by atoms with van der Waals surface area (Å²) in [5.74, 6) is 1.45. The highest BCUT2D eigenvalue weighted by atomic mass is 32.2. The Labute approximate surface area is 180 Å². The fourth-order valence-corrected chi connectivity index (χ4v) is 3.53. The standard InChI is InChI=1S/C18H30N8O3S/c1-6-19-15-21-16(20-7-2)26-17(22-15)23-24-18(26)30-11-13(27)25(10-12(3)4)9-8-14(28)29-5/h12H,6-11H2,1-5H3,(H2,19,20,21,22,23). The molecule has 166 valence electrons. The summed E-state index contributed by atoms with van der Waals surface area (Å²) >= 11 is 1.26. The summed E-state index contributed by atoms with van der Waals surface area (Å²) in [7, 11) is 1.34. The van der Waals surface area contributed by atoms with Gasteiger partial charge in [-0.1, -0.05) is 25.6 Å². The van der Waals surface area contributed by atoms with Gasteiger partial charge in [0.15, 0.2) is 5.16 Å². The van der Waals surface area contributed by atoms with Crippen molar-refractivity contribution in [1.82, 2.24) is 29.5 Å². The number of nitrogens with one attached hydrogen (secondary N) is 2. The van der Waals surface area contributed by atoms with Crippen molar-refractivity contribution in [2.45, 2.75) is 39.3 Å². The molecule has 2 rings (SSSR count). The highest BCUT2D eigenvalue weighted by Gasteiger charge is 2.20. The average molecular weight is 439 g/mol. The van der Waals surface area contributed by atoms with Crippen LogP contribution in [0.5, 0.6) is 0 Å². The number of ether oxygens (including phenoxy) is 1. The number of fused-ring (bicyclic) bond motifs is 1. The molecular formula is C18H30N8O3S. The number of anilines is 2. The van der Waals surface area contributed by atoms with Gasteiger partial charge in [0.25, 0.3) is 5.78 Å². The molecule has 0 aliphatic heterocycles. The number of esters is 1. The van der Waals surface area contributed by atoms with Crippen molar-refractivity contribution >= 4 is 41.3 Å². The summed E-state index contributed by atoms with van der Waals surface area (Å²) < 4.78 is 6.38. The van der Waals surface area contributed by atoms with E-state index in [0.29, 0.717) is 49.0 Å². The Morgan fingerprint density at radius 3 is 2.53 bits per heavy atom. The quantitative estimate of drug-likeness (QED) is 0.372. The van der Waals surface area contributed by atoms with Crippen LogP contribution >= 0.6 is 11.8 Å². The minimum atomic E-state index is -0.336. The van der Waals surface area contributed by atoms with Gasteiger partial charge in [-0.3, -0.25) is 9.59 Å². The van der Waals surface area contributed by atoms with Crippen LogP contribution in [0.1, 0.15) is 34.1 Å². The zero-order valence-corrected chi connectivity index (χ0v) is 19.0. The second-order valence-corrected chi connectivity index (χ2v) is 7.84. The summed E-state index contributed by atoms with van der Waals surface area (Å²) in [5.41, 5.74) is 0. The van der Waals surface area contributed by atoms with Crippen LogP contribution in [-0.2, 0) is 14.3 Å². The summed E-state index contributed by atoms with van der Waals surface area (Å²) in [6, 6.07) is 0. The van der Waals surface area contributed by atoms with Crippen LogP contribution in [0.2, 0.25) is 0 Å². The minimum absolute atomic E-state index is 0.0791. The highest BCUT2D eigenvalue weighted by molar-refractivity contribution is 7.99. The van der Waals surface area contributed by atoms with Crippen molar-refractivity contribution in [3.63, 3.8) is 0 Å². The fraction of sp³-hybridized carbons (Fsp3) is 0.667. The largest absolute Gasteiger partial charge is 0.469 e. The van der Waals surface area contributed by atoms with Crippen LogP contribution < -0.4 is 10.6 Å².